The lowest BCUT2D eigenvalue weighted by atomic mass is 10.3. The molecule has 18 heavy (non-hydrogen) atoms. The van der Waals surface area contributed by atoms with Crippen LogP contribution in [0.15, 0.2) is 48.7 Å². The molecule has 2 heterocycles. The molecule has 90 valence electrons. The summed E-state index contributed by atoms with van der Waals surface area (Å²) in [6.07, 6.45) is 2.53. The lowest BCUT2D eigenvalue weighted by Gasteiger charge is -2.04. The van der Waals surface area contributed by atoms with Crippen molar-refractivity contribution in [2.45, 2.75) is 6.42 Å². The Hall–Kier alpha value is -2.43. The van der Waals surface area contributed by atoms with Gasteiger partial charge in [0.05, 0.1) is 0 Å². The van der Waals surface area contributed by atoms with E-state index in [0.717, 1.165) is 30.1 Å². The average Bonchev–Trinajstić information content (AvgIpc) is 2.84. The molecule has 0 aliphatic carbocycles. The number of anilines is 1. The van der Waals surface area contributed by atoms with Crippen LogP contribution >= 0.6 is 0 Å². The summed E-state index contributed by atoms with van der Waals surface area (Å²) in [5, 5.41) is 15.8. The molecule has 3 aromatic rings. The van der Waals surface area contributed by atoms with E-state index in [9.17, 15) is 0 Å². The Bertz CT molecular complexity index is 632. The summed E-state index contributed by atoms with van der Waals surface area (Å²) in [6.45, 7) is 0.807. The highest BCUT2D eigenvalue weighted by Crippen LogP contribution is 2.05. The lowest BCUT2D eigenvalue weighted by Crippen LogP contribution is -2.08. The van der Waals surface area contributed by atoms with Crippen molar-refractivity contribution in [3.05, 3.63) is 54.5 Å². The van der Waals surface area contributed by atoms with Crippen LogP contribution in [-0.2, 0) is 6.42 Å². The maximum absolute atomic E-state index is 4.23. The van der Waals surface area contributed by atoms with E-state index in [1.54, 1.807) is 10.7 Å². The molecule has 0 aliphatic heterocycles. The molecule has 1 N–H and O–H groups in total. The topological polar surface area (TPSA) is 55.1 Å². The van der Waals surface area contributed by atoms with E-state index >= 15 is 0 Å². The van der Waals surface area contributed by atoms with Crippen molar-refractivity contribution in [1.82, 2.24) is 19.8 Å². The normalized spacial score (nSPS) is 10.7. The predicted molar refractivity (Wildman–Crippen MR) is 69.4 cm³/mol. The number of nitrogens with zero attached hydrogens (tertiary/aromatic N) is 4. The Morgan fingerprint density at radius 2 is 1.89 bits per heavy atom. The number of para-hydroxylation sites is 1. The molecule has 2 aromatic heterocycles. The SMILES string of the molecule is c1ccc(NCCc2nnc3cccnn23)cc1. The minimum atomic E-state index is 0.784. The van der Waals surface area contributed by atoms with Gasteiger partial charge in [-0.15, -0.1) is 10.2 Å². The number of hydrogen-bond donors (Lipinski definition) is 1. The first-order chi connectivity index (χ1) is 8.93. The van der Waals surface area contributed by atoms with Crippen LogP contribution in [0.5, 0.6) is 0 Å². The van der Waals surface area contributed by atoms with E-state index in [0.29, 0.717) is 0 Å². The van der Waals surface area contributed by atoms with Crippen LogP contribution in [0.3, 0.4) is 0 Å². The Kier molecular flexibility index (Phi) is 2.87. The first-order valence-corrected chi connectivity index (χ1v) is 5.88. The molecule has 1 aromatic carbocycles. The number of benzene rings is 1. The summed E-state index contributed by atoms with van der Waals surface area (Å²) in [5.41, 5.74) is 1.89. The molecule has 5 nitrogen and oxygen atoms in total. The van der Waals surface area contributed by atoms with Gasteiger partial charge in [0, 0.05) is 24.8 Å². The molecule has 0 bridgehead atoms. The average molecular weight is 239 g/mol. The molecular formula is C13H13N5. The second-order valence-corrected chi connectivity index (χ2v) is 3.95. The monoisotopic (exact) mass is 239 g/mol. The van der Waals surface area contributed by atoms with Gasteiger partial charge < -0.3 is 5.32 Å². The summed E-state index contributed by atoms with van der Waals surface area (Å²) in [6, 6.07) is 13.9. The predicted octanol–water partition coefficient (Wildman–Crippen LogP) is 1.78. The van der Waals surface area contributed by atoms with Gasteiger partial charge in [0.15, 0.2) is 11.5 Å². The molecule has 0 amide bonds. The summed E-state index contributed by atoms with van der Waals surface area (Å²) in [5.74, 6) is 0.869. The number of rotatable bonds is 4. The van der Waals surface area contributed by atoms with E-state index in [1.165, 1.54) is 0 Å². The summed E-state index contributed by atoms with van der Waals surface area (Å²) >= 11 is 0. The molecule has 0 spiro atoms. The zero-order valence-corrected chi connectivity index (χ0v) is 9.82. The molecule has 0 aliphatic rings. The van der Waals surface area contributed by atoms with E-state index in [2.05, 4.69) is 20.6 Å². The maximum atomic E-state index is 4.23. The summed E-state index contributed by atoms with van der Waals surface area (Å²) in [7, 11) is 0. The zero-order valence-electron chi connectivity index (χ0n) is 9.82. The highest BCUT2D eigenvalue weighted by Gasteiger charge is 2.04. The lowest BCUT2D eigenvalue weighted by molar-refractivity contribution is 0.803. The molecule has 0 unspecified atom stereocenters. The zero-order chi connectivity index (χ0) is 12.2. The minimum Gasteiger partial charge on any atom is -0.385 e. The number of fused-ring (bicyclic) bond motifs is 1. The van der Waals surface area contributed by atoms with Crippen LogP contribution in [0.1, 0.15) is 5.82 Å². The van der Waals surface area contributed by atoms with Gasteiger partial charge in [-0.1, -0.05) is 18.2 Å². The standard InChI is InChI=1S/C13H13N5/c1-2-5-11(6-3-1)14-10-8-13-17-16-12-7-4-9-15-18(12)13/h1-7,9,14H,8,10H2. The highest BCUT2D eigenvalue weighted by atomic mass is 15.4. The van der Waals surface area contributed by atoms with Crippen molar-refractivity contribution >= 4 is 11.3 Å². The Morgan fingerprint density at radius 3 is 2.78 bits per heavy atom. The quantitative estimate of drug-likeness (QED) is 0.754. The Labute approximate surface area is 104 Å². The van der Waals surface area contributed by atoms with E-state index in [1.807, 2.05) is 42.5 Å². The first-order valence-electron chi connectivity index (χ1n) is 5.88. The third kappa shape index (κ3) is 2.15. The fourth-order valence-electron chi connectivity index (χ4n) is 1.82. The summed E-state index contributed by atoms with van der Waals surface area (Å²) < 4.78 is 1.77. The van der Waals surface area contributed by atoms with Gasteiger partial charge in [0.25, 0.3) is 0 Å². The number of hydrogen-bond acceptors (Lipinski definition) is 4. The van der Waals surface area contributed by atoms with Gasteiger partial charge >= 0.3 is 0 Å². The minimum absolute atomic E-state index is 0.784. The molecule has 5 heteroatoms. The molecule has 0 saturated heterocycles. The summed E-state index contributed by atoms with van der Waals surface area (Å²) in [4.78, 5) is 0. The maximum Gasteiger partial charge on any atom is 0.177 e. The van der Waals surface area contributed by atoms with Gasteiger partial charge in [0.2, 0.25) is 0 Å². The van der Waals surface area contributed by atoms with Crippen LogP contribution < -0.4 is 5.32 Å². The van der Waals surface area contributed by atoms with Crippen molar-refractivity contribution in [2.75, 3.05) is 11.9 Å². The second-order valence-electron chi connectivity index (χ2n) is 3.95. The Balaban J connectivity index is 1.67. The van der Waals surface area contributed by atoms with Crippen molar-refractivity contribution in [3.63, 3.8) is 0 Å². The Morgan fingerprint density at radius 1 is 1.00 bits per heavy atom. The smallest absolute Gasteiger partial charge is 0.177 e. The molecular weight excluding hydrogens is 226 g/mol. The van der Waals surface area contributed by atoms with Crippen molar-refractivity contribution in [3.8, 4) is 0 Å². The fourth-order valence-corrected chi connectivity index (χ4v) is 1.82. The molecule has 0 saturated carbocycles. The molecule has 0 radical (unpaired) electrons. The van der Waals surface area contributed by atoms with Crippen molar-refractivity contribution < 1.29 is 0 Å². The van der Waals surface area contributed by atoms with Crippen LogP contribution in [0.2, 0.25) is 0 Å². The largest absolute Gasteiger partial charge is 0.385 e. The molecule has 0 fully saturated rings. The first kappa shape index (κ1) is 10.7. The van der Waals surface area contributed by atoms with E-state index in [-0.39, 0.29) is 0 Å². The highest BCUT2D eigenvalue weighted by molar-refractivity contribution is 5.42. The van der Waals surface area contributed by atoms with Crippen molar-refractivity contribution in [1.29, 1.82) is 0 Å². The number of nitrogens with one attached hydrogen (secondary N) is 1. The van der Waals surface area contributed by atoms with Gasteiger partial charge in [-0.25, -0.2) is 0 Å². The van der Waals surface area contributed by atoms with Crippen LogP contribution in [0, 0.1) is 0 Å². The van der Waals surface area contributed by atoms with Crippen molar-refractivity contribution in [2.24, 2.45) is 0 Å². The van der Waals surface area contributed by atoms with Crippen LogP contribution in [-0.4, -0.2) is 26.4 Å². The fraction of sp³-hybridized carbons (Fsp3) is 0.154. The van der Waals surface area contributed by atoms with Gasteiger partial charge in [-0.3, -0.25) is 0 Å². The van der Waals surface area contributed by atoms with E-state index in [4.69, 9.17) is 0 Å². The molecule has 3 rings (SSSR count). The second kappa shape index (κ2) is 4.83. The van der Waals surface area contributed by atoms with Gasteiger partial charge in [0.1, 0.15) is 0 Å². The van der Waals surface area contributed by atoms with Gasteiger partial charge in [-0.2, -0.15) is 9.61 Å². The number of aromatic nitrogens is 4. The van der Waals surface area contributed by atoms with Crippen LogP contribution in [0.25, 0.3) is 5.65 Å². The molecule has 0 atom stereocenters. The van der Waals surface area contributed by atoms with Crippen LogP contribution in [0.4, 0.5) is 5.69 Å². The third-order valence-corrected chi connectivity index (χ3v) is 2.69. The third-order valence-electron chi connectivity index (χ3n) is 2.69. The van der Waals surface area contributed by atoms with Gasteiger partial charge in [-0.05, 0) is 24.3 Å². The van der Waals surface area contributed by atoms with E-state index < -0.39 is 0 Å².